The molecule has 1 fully saturated rings. The Balaban J connectivity index is 2.27. The zero-order valence-corrected chi connectivity index (χ0v) is 12.2. The predicted molar refractivity (Wildman–Crippen MR) is 77.4 cm³/mol. The smallest absolute Gasteiger partial charge is 0.123 e. The highest BCUT2D eigenvalue weighted by Gasteiger charge is 2.39. The van der Waals surface area contributed by atoms with Crippen molar-refractivity contribution in [3.05, 3.63) is 35.6 Å². The van der Waals surface area contributed by atoms with E-state index in [2.05, 4.69) is 25.9 Å². The number of hydrogen-bond acceptors (Lipinski definition) is 2. The van der Waals surface area contributed by atoms with Crippen molar-refractivity contribution in [3.63, 3.8) is 0 Å². The third kappa shape index (κ3) is 3.15. The van der Waals surface area contributed by atoms with Crippen LogP contribution in [-0.4, -0.2) is 25.0 Å². The lowest BCUT2D eigenvalue weighted by Gasteiger charge is -2.45. The molecule has 1 aromatic rings. The van der Waals surface area contributed by atoms with Gasteiger partial charge in [0.15, 0.2) is 0 Å². The lowest BCUT2D eigenvalue weighted by atomic mass is 9.67. The SMILES string of the molecule is CN(C)C(c1ccc(F)cc1)C1(C)CCC(N)CC1. The van der Waals surface area contributed by atoms with E-state index in [0.29, 0.717) is 12.1 Å². The van der Waals surface area contributed by atoms with Gasteiger partial charge in [0.1, 0.15) is 5.82 Å². The molecule has 0 aromatic heterocycles. The van der Waals surface area contributed by atoms with Gasteiger partial charge in [0.05, 0.1) is 0 Å². The Bertz CT molecular complexity index is 405. The van der Waals surface area contributed by atoms with Crippen LogP contribution in [0.4, 0.5) is 4.39 Å². The van der Waals surface area contributed by atoms with Crippen LogP contribution in [0.15, 0.2) is 24.3 Å². The van der Waals surface area contributed by atoms with Crippen molar-refractivity contribution >= 4 is 0 Å². The molecular weight excluding hydrogens is 239 g/mol. The minimum atomic E-state index is -0.169. The molecule has 2 rings (SSSR count). The molecule has 1 unspecified atom stereocenters. The van der Waals surface area contributed by atoms with E-state index in [1.54, 1.807) is 12.1 Å². The molecule has 1 atom stereocenters. The van der Waals surface area contributed by atoms with Crippen LogP contribution in [0.5, 0.6) is 0 Å². The van der Waals surface area contributed by atoms with Crippen LogP contribution in [-0.2, 0) is 0 Å². The Morgan fingerprint density at radius 2 is 1.74 bits per heavy atom. The molecule has 0 radical (unpaired) electrons. The van der Waals surface area contributed by atoms with Crippen molar-refractivity contribution in [1.29, 1.82) is 0 Å². The normalized spacial score (nSPS) is 29.5. The highest BCUT2D eigenvalue weighted by molar-refractivity contribution is 5.22. The molecule has 2 nitrogen and oxygen atoms in total. The summed E-state index contributed by atoms with van der Waals surface area (Å²) in [5.74, 6) is -0.169. The molecule has 19 heavy (non-hydrogen) atoms. The van der Waals surface area contributed by atoms with Crippen LogP contribution in [0, 0.1) is 11.2 Å². The van der Waals surface area contributed by atoms with Gasteiger partial charge in [-0.3, -0.25) is 0 Å². The largest absolute Gasteiger partial charge is 0.328 e. The Morgan fingerprint density at radius 3 is 2.21 bits per heavy atom. The standard InChI is InChI=1S/C16H25FN2/c1-16(10-8-14(18)9-11-16)15(19(2)3)12-4-6-13(17)7-5-12/h4-7,14-15H,8-11,18H2,1-3H3. The average molecular weight is 264 g/mol. The van der Waals surface area contributed by atoms with Gasteiger partial charge in [-0.1, -0.05) is 19.1 Å². The van der Waals surface area contributed by atoms with Gasteiger partial charge in [-0.2, -0.15) is 0 Å². The van der Waals surface area contributed by atoms with Crippen molar-refractivity contribution in [2.45, 2.75) is 44.7 Å². The fourth-order valence-corrected chi connectivity index (χ4v) is 3.54. The maximum atomic E-state index is 13.1. The zero-order valence-electron chi connectivity index (χ0n) is 12.2. The predicted octanol–water partition coefficient (Wildman–Crippen LogP) is 3.34. The van der Waals surface area contributed by atoms with Crippen molar-refractivity contribution in [2.75, 3.05) is 14.1 Å². The lowest BCUT2D eigenvalue weighted by molar-refractivity contribution is 0.0700. The first kappa shape index (κ1) is 14.5. The van der Waals surface area contributed by atoms with E-state index in [1.165, 1.54) is 5.56 Å². The molecule has 0 heterocycles. The van der Waals surface area contributed by atoms with E-state index in [4.69, 9.17) is 5.73 Å². The highest BCUT2D eigenvalue weighted by atomic mass is 19.1. The quantitative estimate of drug-likeness (QED) is 0.907. The topological polar surface area (TPSA) is 29.3 Å². The van der Waals surface area contributed by atoms with E-state index in [0.717, 1.165) is 25.7 Å². The molecule has 3 heteroatoms. The minimum absolute atomic E-state index is 0.169. The van der Waals surface area contributed by atoms with E-state index < -0.39 is 0 Å². The third-order valence-corrected chi connectivity index (χ3v) is 4.53. The summed E-state index contributed by atoms with van der Waals surface area (Å²) in [6.07, 6.45) is 4.44. The molecule has 1 aliphatic rings. The lowest BCUT2D eigenvalue weighted by Crippen LogP contribution is -2.41. The summed E-state index contributed by atoms with van der Waals surface area (Å²) in [4.78, 5) is 2.25. The summed E-state index contributed by atoms with van der Waals surface area (Å²) in [5, 5.41) is 0. The molecule has 1 aliphatic carbocycles. The second-order valence-electron chi connectivity index (χ2n) is 6.41. The summed E-state index contributed by atoms with van der Waals surface area (Å²) in [5.41, 5.74) is 7.45. The summed E-state index contributed by atoms with van der Waals surface area (Å²) in [6, 6.07) is 7.62. The van der Waals surface area contributed by atoms with Gasteiger partial charge in [0, 0.05) is 12.1 Å². The van der Waals surface area contributed by atoms with Crippen LogP contribution in [0.3, 0.4) is 0 Å². The van der Waals surface area contributed by atoms with Crippen molar-refractivity contribution in [1.82, 2.24) is 4.90 Å². The maximum absolute atomic E-state index is 13.1. The minimum Gasteiger partial charge on any atom is -0.328 e. The van der Waals surface area contributed by atoms with E-state index in [9.17, 15) is 4.39 Å². The van der Waals surface area contributed by atoms with Gasteiger partial charge < -0.3 is 10.6 Å². The summed E-state index contributed by atoms with van der Waals surface area (Å²) in [6.45, 7) is 2.34. The number of nitrogens with two attached hydrogens (primary N) is 1. The van der Waals surface area contributed by atoms with Gasteiger partial charge in [0.25, 0.3) is 0 Å². The molecule has 2 N–H and O–H groups in total. The second-order valence-corrected chi connectivity index (χ2v) is 6.41. The van der Waals surface area contributed by atoms with Crippen LogP contribution < -0.4 is 5.73 Å². The van der Waals surface area contributed by atoms with Gasteiger partial charge in [0.2, 0.25) is 0 Å². The number of rotatable bonds is 3. The van der Waals surface area contributed by atoms with Crippen LogP contribution in [0.1, 0.15) is 44.2 Å². The van der Waals surface area contributed by atoms with Crippen molar-refractivity contribution in [2.24, 2.45) is 11.1 Å². The van der Waals surface area contributed by atoms with Gasteiger partial charge in [-0.25, -0.2) is 4.39 Å². The molecule has 0 aliphatic heterocycles. The fraction of sp³-hybridized carbons (Fsp3) is 0.625. The van der Waals surface area contributed by atoms with Crippen LogP contribution >= 0.6 is 0 Å². The Kier molecular flexibility index (Phi) is 4.26. The molecule has 0 spiro atoms. The summed E-state index contributed by atoms with van der Waals surface area (Å²) >= 11 is 0. The maximum Gasteiger partial charge on any atom is 0.123 e. The van der Waals surface area contributed by atoms with E-state index in [1.807, 2.05) is 12.1 Å². The Hall–Kier alpha value is -0.930. The number of halogens is 1. The molecule has 1 saturated carbocycles. The van der Waals surface area contributed by atoms with Crippen molar-refractivity contribution in [3.8, 4) is 0 Å². The first-order valence-corrected chi connectivity index (χ1v) is 7.10. The first-order chi connectivity index (χ1) is 8.92. The monoisotopic (exact) mass is 264 g/mol. The molecule has 0 saturated heterocycles. The fourth-order valence-electron chi connectivity index (χ4n) is 3.54. The van der Waals surface area contributed by atoms with Gasteiger partial charge in [-0.15, -0.1) is 0 Å². The van der Waals surface area contributed by atoms with E-state index in [-0.39, 0.29) is 11.2 Å². The first-order valence-electron chi connectivity index (χ1n) is 7.10. The van der Waals surface area contributed by atoms with Gasteiger partial charge in [-0.05, 0) is 62.9 Å². The molecule has 0 amide bonds. The van der Waals surface area contributed by atoms with Crippen LogP contribution in [0.25, 0.3) is 0 Å². The molecule has 106 valence electrons. The second kappa shape index (κ2) is 5.59. The third-order valence-electron chi connectivity index (χ3n) is 4.53. The van der Waals surface area contributed by atoms with E-state index >= 15 is 0 Å². The molecule has 0 bridgehead atoms. The molecule has 1 aromatic carbocycles. The van der Waals surface area contributed by atoms with Crippen LogP contribution in [0.2, 0.25) is 0 Å². The average Bonchev–Trinajstić information content (AvgIpc) is 2.36. The Labute approximate surface area is 115 Å². The van der Waals surface area contributed by atoms with Gasteiger partial charge >= 0.3 is 0 Å². The summed E-state index contributed by atoms with van der Waals surface area (Å²) in [7, 11) is 4.21. The number of benzene rings is 1. The number of nitrogens with zero attached hydrogens (tertiary/aromatic N) is 1. The number of hydrogen-bond donors (Lipinski definition) is 1. The zero-order chi connectivity index (χ0) is 14.0. The summed E-state index contributed by atoms with van der Waals surface area (Å²) < 4.78 is 13.1. The highest BCUT2D eigenvalue weighted by Crippen LogP contribution is 2.47. The molecular formula is C16H25FN2. The van der Waals surface area contributed by atoms with Crippen molar-refractivity contribution < 1.29 is 4.39 Å². The Morgan fingerprint density at radius 1 is 1.21 bits per heavy atom.